The van der Waals surface area contributed by atoms with Gasteiger partial charge in [-0.3, -0.25) is 0 Å². The van der Waals surface area contributed by atoms with Gasteiger partial charge in [-0.2, -0.15) is 0 Å². The van der Waals surface area contributed by atoms with E-state index in [0.717, 1.165) is 55.2 Å². The highest BCUT2D eigenvalue weighted by molar-refractivity contribution is 5.03. The predicted molar refractivity (Wildman–Crippen MR) is 142 cm³/mol. The quantitative estimate of drug-likeness (QED) is 0.393. The molecule has 0 saturated heterocycles. The van der Waals surface area contributed by atoms with Gasteiger partial charge in [0, 0.05) is 17.8 Å². The lowest BCUT2D eigenvalue weighted by atomic mass is 9.78. The summed E-state index contributed by atoms with van der Waals surface area (Å²) in [5.41, 5.74) is 3.43. The van der Waals surface area contributed by atoms with Gasteiger partial charge >= 0.3 is 0 Å². The highest BCUT2D eigenvalue weighted by Gasteiger charge is 2.28. The molecule has 0 aliphatic heterocycles. The van der Waals surface area contributed by atoms with Crippen LogP contribution >= 0.6 is 0 Å². The van der Waals surface area contributed by atoms with Crippen LogP contribution in [0.15, 0.2) is 36.5 Å². The normalized spacial score (nSPS) is 38.6. The zero-order valence-electron chi connectivity index (χ0n) is 22.5. The molecule has 0 amide bonds. The Kier molecular flexibility index (Phi) is 13.2. The van der Waals surface area contributed by atoms with Crippen LogP contribution in [0.5, 0.6) is 0 Å². The third-order valence-electron chi connectivity index (χ3n) is 8.14. The van der Waals surface area contributed by atoms with E-state index in [2.05, 4.69) is 40.5 Å². The third kappa shape index (κ3) is 10.5. The lowest BCUT2D eigenvalue weighted by Gasteiger charge is -2.31. The summed E-state index contributed by atoms with van der Waals surface area (Å²) in [7, 11) is 0. The first-order valence-electron chi connectivity index (χ1n) is 13.3. The van der Waals surface area contributed by atoms with Crippen molar-refractivity contribution in [3.05, 3.63) is 36.5 Å². The van der Waals surface area contributed by atoms with Crippen molar-refractivity contribution in [1.82, 2.24) is 0 Å². The van der Waals surface area contributed by atoms with Crippen LogP contribution in [0.4, 0.5) is 0 Å². The van der Waals surface area contributed by atoms with Crippen LogP contribution in [0.1, 0.15) is 99.3 Å². The van der Waals surface area contributed by atoms with Gasteiger partial charge in [-0.15, -0.1) is 0 Å². The van der Waals surface area contributed by atoms with Crippen LogP contribution in [0.2, 0.25) is 0 Å². The summed E-state index contributed by atoms with van der Waals surface area (Å²) in [4.78, 5) is 0. The van der Waals surface area contributed by atoms with Gasteiger partial charge in [0.15, 0.2) is 0 Å². The number of hydrogen-bond acceptors (Lipinski definition) is 3. The monoisotopic (exact) mass is 462 g/mol. The molecule has 9 atom stereocenters. The van der Waals surface area contributed by atoms with Crippen LogP contribution in [0.25, 0.3) is 0 Å². The average molecular weight is 463 g/mol. The highest BCUT2D eigenvalue weighted by Crippen LogP contribution is 2.34. The Labute approximate surface area is 205 Å². The molecule has 0 aromatic rings. The molecule has 0 aromatic carbocycles. The molecule has 3 fully saturated rings. The molecule has 0 radical (unpaired) electrons. The molecule has 3 heteroatoms. The van der Waals surface area contributed by atoms with Crippen LogP contribution in [-0.2, 0) is 0 Å². The molecule has 0 heterocycles. The van der Waals surface area contributed by atoms with Crippen molar-refractivity contribution in [3.63, 3.8) is 0 Å². The van der Waals surface area contributed by atoms with E-state index in [1.807, 2.05) is 20.8 Å². The van der Waals surface area contributed by atoms with Crippen molar-refractivity contribution in [2.24, 2.45) is 35.5 Å². The van der Waals surface area contributed by atoms with Crippen molar-refractivity contribution >= 4 is 0 Å². The molecular formula is C30H54O3. The third-order valence-corrected chi connectivity index (χ3v) is 8.14. The van der Waals surface area contributed by atoms with Gasteiger partial charge in [0.25, 0.3) is 0 Å². The molecule has 3 rings (SSSR count). The Hall–Kier alpha value is -0.900. The summed E-state index contributed by atoms with van der Waals surface area (Å²) in [6.07, 6.45) is 9.58. The molecule has 3 N–H and O–H groups in total. The topological polar surface area (TPSA) is 60.7 Å². The van der Waals surface area contributed by atoms with Crippen molar-refractivity contribution in [2.75, 3.05) is 0 Å². The van der Waals surface area contributed by atoms with Crippen molar-refractivity contribution < 1.29 is 15.3 Å². The first kappa shape index (κ1) is 30.1. The number of aliphatic hydroxyl groups is 3. The van der Waals surface area contributed by atoms with E-state index in [9.17, 15) is 15.3 Å². The van der Waals surface area contributed by atoms with Crippen LogP contribution in [0.3, 0.4) is 0 Å². The van der Waals surface area contributed by atoms with Gasteiger partial charge in [-0.05, 0) is 96.3 Å². The molecule has 192 valence electrons. The highest BCUT2D eigenvalue weighted by atomic mass is 16.3. The first-order chi connectivity index (χ1) is 15.3. The summed E-state index contributed by atoms with van der Waals surface area (Å²) >= 11 is 0. The van der Waals surface area contributed by atoms with Crippen molar-refractivity contribution in [1.29, 1.82) is 0 Å². The fourth-order valence-electron chi connectivity index (χ4n) is 5.78. The van der Waals surface area contributed by atoms with Crippen LogP contribution < -0.4 is 0 Å². The minimum atomic E-state index is -0.128. The van der Waals surface area contributed by atoms with Gasteiger partial charge in [0.05, 0.1) is 18.3 Å². The Morgan fingerprint density at radius 3 is 0.848 bits per heavy atom. The molecule has 0 spiro atoms. The molecule has 1 unspecified atom stereocenters. The first-order valence-corrected chi connectivity index (χ1v) is 13.3. The summed E-state index contributed by atoms with van der Waals surface area (Å²) < 4.78 is 0. The minimum absolute atomic E-state index is 0.128. The molecule has 3 aliphatic rings. The van der Waals surface area contributed by atoms with Gasteiger partial charge in [-0.25, -0.2) is 0 Å². The second-order valence-corrected chi connectivity index (χ2v) is 11.8. The number of hydrogen-bond donors (Lipinski definition) is 3. The van der Waals surface area contributed by atoms with E-state index in [-0.39, 0.29) is 18.3 Å². The largest absolute Gasteiger partial charge is 0.392 e. The van der Waals surface area contributed by atoms with Crippen LogP contribution in [0, 0.1) is 35.5 Å². The smallest absolute Gasteiger partial charge is 0.0607 e. The van der Waals surface area contributed by atoms with E-state index in [1.54, 1.807) is 0 Å². The second kappa shape index (κ2) is 14.5. The molecule has 3 aliphatic carbocycles. The lowest BCUT2D eigenvalue weighted by Crippen LogP contribution is -2.28. The van der Waals surface area contributed by atoms with Gasteiger partial charge in [0.2, 0.25) is 0 Å². The molecular weight excluding hydrogens is 408 g/mol. The Morgan fingerprint density at radius 1 is 0.485 bits per heavy atom. The minimum Gasteiger partial charge on any atom is -0.392 e. The molecule has 0 aromatic heterocycles. The van der Waals surface area contributed by atoms with Gasteiger partial charge in [0.1, 0.15) is 0 Å². The predicted octanol–water partition coefficient (Wildman–Crippen LogP) is 7.08. The van der Waals surface area contributed by atoms with E-state index in [4.69, 9.17) is 0 Å². The SMILES string of the molecule is C=C(C)C1CC[C@@H](C)C[C@@H]1O.C=C(C)[C@H]1CC[C@@H](C)C[C@@H]1O.C=C(C)[C@H]1CC[C@@H](C)C[C@H]1O. The zero-order valence-corrected chi connectivity index (χ0v) is 22.5. The van der Waals surface area contributed by atoms with E-state index in [1.165, 1.54) is 19.3 Å². The number of aliphatic hydroxyl groups excluding tert-OH is 3. The lowest BCUT2D eigenvalue weighted by molar-refractivity contribution is 0.0653. The fourth-order valence-corrected chi connectivity index (χ4v) is 5.78. The Balaban J connectivity index is 0.000000247. The maximum Gasteiger partial charge on any atom is 0.0607 e. The molecule has 0 bridgehead atoms. The molecule has 33 heavy (non-hydrogen) atoms. The number of rotatable bonds is 3. The standard InChI is InChI=1S/3C10H18O/c3*1-7(2)9-5-4-8(3)6-10(9)11/h3*8-11H,1,4-6H2,2-3H3/t8-,9?,10+;8-,9-,10+;8-,9-,10-/m111/s1. The van der Waals surface area contributed by atoms with Gasteiger partial charge in [-0.1, -0.05) is 57.2 Å². The van der Waals surface area contributed by atoms with E-state index in [0.29, 0.717) is 35.5 Å². The van der Waals surface area contributed by atoms with Gasteiger partial charge < -0.3 is 15.3 Å². The second-order valence-electron chi connectivity index (χ2n) is 11.8. The van der Waals surface area contributed by atoms with E-state index < -0.39 is 0 Å². The van der Waals surface area contributed by atoms with Crippen molar-refractivity contribution in [2.45, 2.75) is 118 Å². The summed E-state index contributed by atoms with van der Waals surface area (Å²) in [6.45, 7) is 24.4. The summed E-state index contributed by atoms with van der Waals surface area (Å²) in [5.74, 6) is 3.19. The fraction of sp³-hybridized carbons (Fsp3) is 0.800. The van der Waals surface area contributed by atoms with Crippen molar-refractivity contribution in [3.8, 4) is 0 Å². The maximum absolute atomic E-state index is 9.65. The zero-order chi connectivity index (χ0) is 25.3. The maximum atomic E-state index is 9.65. The summed E-state index contributed by atoms with van der Waals surface area (Å²) in [6, 6.07) is 0. The Bertz CT molecular complexity index is 538. The van der Waals surface area contributed by atoms with Crippen LogP contribution in [-0.4, -0.2) is 33.6 Å². The molecule has 3 saturated carbocycles. The Morgan fingerprint density at radius 2 is 0.697 bits per heavy atom. The average Bonchev–Trinajstić information content (AvgIpc) is 2.68. The summed E-state index contributed by atoms with van der Waals surface area (Å²) in [5, 5.41) is 28.9. The molecule has 3 nitrogen and oxygen atoms in total. The van der Waals surface area contributed by atoms with E-state index >= 15 is 0 Å².